The number of nitrogens with zero attached hydrogens (tertiary/aromatic N) is 4. The fraction of sp³-hybridized carbons (Fsp3) is 0.316. The first-order valence-corrected chi connectivity index (χ1v) is 10.6. The summed E-state index contributed by atoms with van der Waals surface area (Å²) < 4.78 is 24.3. The van der Waals surface area contributed by atoms with Crippen molar-refractivity contribution in [2.24, 2.45) is 11.1 Å². The molecule has 0 radical (unpaired) electrons. The van der Waals surface area contributed by atoms with Crippen LogP contribution in [0, 0.1) is 12.8 Å². The lowest BCUT2D eigenvalue weighted by Crippen LogP contribution is -2.48. The standard InChI is InChI=1S/C19H22N6O2S/c1-13-4-5-16-17(9-13)23-18(15-3-2-7-21-10-15)24-19(16)25-11-14(12-25)6-8-22-28(20,26)27/h2-5,7,9-10,14,22H,6,8,11-12H2,1H3,(H2,20,26,27). The van der Waals surface area contributed by atoms with E-state index in [1.807, 2.05) is 19.1 Å². The van der Waals surface area contributed by atoms with Gasteiger partial charge in [-0.1, -0.05) is 6.07 Å². The summed E-state index contributed by atoms with van der Waals surface area (Å²) >= 11 is 0. The first-order valence-electron chi connectivity index (χ1n) is 9.10. The Morgan fingerprint density at radius 2 is 2.07 bits per heavy atom. The van der Waals surface area contributed by atoms with Gasteiger partial charge < -0.3 is 4.90 Å². The van der Waals surface area contributed by atoms with Gasteiger partial charge in [-0.2, -0.15) is 8.42 Å². The average Bonchev–Trinajstić information content (AvgIpc) is 2.62. The van der Waals surface area contributed by atoms with Gasteiger partial charge in [0.2, 0.25) is 0 Å². The molecule has 1 saturated heterocycles. The summed E-state index contributed by atoms with van der Waals surface area (Å²) in [4.78, 5) is 15.9. The summed E-state index contributed by atoms with van der Waals surface area (Å²) in [5.41, 5.74) is 2.93. The average molecular weight is 398 g/mol. The SMILES string of the molecule is Cc1ccc2c(N3CC(CCNS(N)(=O)=O)C3)nc(-c3cccnc3)nc2c1. The van der Waals surface area contributed by atoms with Gasteiger partial charge >= 0.3 is 0 Å². The zero-order valence-electron chi connectivity index (χ0n) is 15.5. The van der Waals surface area contributed by atoms with Gasteiger partial charge in [0, 0.05) is 43.0 Å². The van der Waals surface area contributed by atoms with Crippen molar-refractivity contribution in [1.82, 2.24) is 19.7 Å². The maximum absolute atomic E-state index is 11.0. The smallest absolute Gasteiger partial charge is 0.274 e. The molecular weight excluding hydrogens is 376 g/mol. The molecular formula is C19H22N6O2S. The van der Waals surface area contributed by atoms with Crippen molar-refractivity contribution in [1.29, 1.82) is 0 Å². The van der Waals surface area contributed by atoms with Crippen molar-refractivity contribution in [2.75, 3.05) is 24.5 Å². The fourth-order valence-electron chi connectivity index (χ4n) is 3.42. The Balaban J connectivity index is 1.58. The van der Waals surface area contributed by atoms with Gasteiger partial charge in [0.25, 0.3) is 10.2 Å². The lowest BCUT2D eigenvalue weighted by Gasteiger charge is -2.40. The molecule has 1 aliphatic rings. The number of benzene rings is 1. The second kappa shape index (κ2) is 7.42. The number of nitrogens with two attached hydrogens (primary N) is 1. The second-order valence-corrected chi connectivity index (χ2v) is 8.51. The van der Waals surface area contributed by atoms with E-state index in [0.717, 1.165) is 47.4 Å². The van der Waals surface area contributed by atoms with Crippen LogP contribution >= 0.6 is 0 Å². The third-order valence-corrected chi connectivity index (χ3v) is 5.47. The maximum atomic E-state index is 11.0. The van der Waals surface area contributed by atoms with E-state index in [4.69, 9.17) is 15.1 Å². The summed E-state index contributed by atoms with van der Waals surface area (Å²) in [7, 11) is -3.63. The second-order valence-electron chi connectivity index (χ2n) is 7.13. The van der Waals surface area contributed by atoms with Crippen molar-refractivity contribution < 1.29 is 8.42 Å². The zero-order chi connectivity index (χ0) is 19.7. The zero-order valence-corrected chi connectivity index (χ0v) is 16.4. The summed E-state index contributed by atoms with van der Waals surface area (Å²) in [5, 5.41) is 5.99. The van der Waals surface area contributed by atoms with Gasteiger partial charge in [-0.25, -0.2) is 19.8 Å². The third kappa shape index (κ3) is 4.11. The van der Waals surface area contributed by atoms with Crippen LogP contribution in [0.3, 0.4) is 0 Å². The largest absolute Gasteiger partial charge is 0.355 e. The first kappa shape index (κ1) is 18.7. The topological polar surface area (TPSA) is 114 Å². The van der Waals surface area contributed by atoms with Crippen molar-refractivity contribution >= 4 is 26.9 Å². The lowest BCUT2D eigenvalue weighted by molar-refractivity contribution is 0.382. The Labute approximate surface area is 164 Å². The molecule has 8 nitrogen and oxygen atoms in total. The summed E-state index contributed by atoms with van der Waals surface area (Å²) in [6.45, 7) is 4.03. The highest BCUT2D eigenvalue weighted by Crippen LogP contribution is 2.32. The normalized spacial score (nSPS) is 15.0. The molecule has 0 spiro atoms. The van der Waals surface area contributed by atoms with Crippen LogP contribution in [0.1, 0.15) is 12.0 Å². The Morgan fingerprint density at radius 1 is 1.25 bits per heavy atom. The van der Waals surface area contributed by atoms with Crippen LogP contribution in [-0.4, -0.2) is 43.0 Å². The molecule has 4 rings (SSSR count). The minimum Gasteiger partial charge on any atom is -0.355 e. The molecule has 0 amide bonds. The summed E-state index contributed by atoms with van der Waals surface area (Å²) in [6, 6.07) is 10.0. The number of hydrogen-bond acceptors (Lipinski definition) is 6. The molecule has 2 aromatic heterocycles. The van der Waals surface area contributed by atoms with Crippen LogP contribution in [0.5, 0.6) is 0 Å². The fourth-order valence-corrected chi connectivity index (χ4v) is 3.82. The number of fused-ring (bicyclic) bond motifs is 1. The van der Waals surface area contributed by atoms with Gasteiger partial charge in [0.15, 0.2) is 5.82 Å². The molecule has 28 heavy (non-hydrogen) atoms. The molecule has 1 aliphatic heterocycles. The molecule has 0 atom stereocenters. The van der Waals surface area contributed by atoms with Crippen LogP contribution in [0.15, 0.2) is 42.7 Å². The van der Waals surface area contributed by atoms with Gasteiger partial charge in [-0.05, 0) is 49.1 Å². The molecule has 1 aromatic carbocycles. The van der Waals surface area contributed by atoms with Crippen molar-refractivity contribution in [3.8, 4) is 11.4 Å². The third-order valence-electron chi connectivity index (χ3n) is 4.86. The number of rotatable bonds is 6. The van der Waals surface area contributed by atoms with Gasteiger partial charge in [0.1, 0.15) is 5.82 Å². The number of hydrogen-bond donors (Lipinski definition) is 2. The van der Waals surface area contributed by atoms with Crippen LogP contribution in [0.2, 0.25) is 0 Å². The molecule has 0 saturated carbocycles. The van der Waals surface area contributed by atoms with Crippen LogP contribution in [0.25, 0.3) is 22.3 Å². The summed E-state index contributed by atoms with van der Waals surface area (Å²) in [6.07, 6.45) is 4.23. The highest BCUT2D eigenvalue weighted by Gasteiger charge is 2.29. The highest BCUT2D eigenvalue weighted by atomic mass is 32.2. The molecule has 3 N–H and O–H groups in total. The lowest BCUT2D eigenvalue weighted by atomic mass is 9.96. The van der Waals surface area contributed by atoms with Crippen LogP contribution in [-0.2, 0) is 10.2 Å². The van der Waals surface area contributed by atoms with Gasteiger partial charge in [-0.15, -0.1) is 0 Å². The van der Waals surface area contributed by atoms with E-state index in [2.05, 4.69) is 32.8 Å². The van der Waals surface area contributed by atoms with E-state index in [1.54, 1.807) is 12.4 Å². The highest BCUT2D eigenvalue weighted by molar-refractivity contribution is 7.87. The van der Waals surface area contributed by atoms with Crippen molar-refractivity contribution in [3.05, 3.63) is 48.3 Å². The van der Waals surface area contributed by atoms with E-state index in [-0.39, 0.29) is 0 Å². The molecule has 9 heteroatoms. The minimum atomic E-state index is -3.63. The molecule has 1 fully saturated rings. The van der Waals surface area contributed by atoms with E-state index in [1.165, 1.54) is 0 Å². The van der Waals surface area contributed by atoms with E-state index in [9.17, 15) is 8.42 Å². The van der Waals surface area contributed by atoms with E-state index < -0.39 is 10.2 Å². The van der Waals surface area contributed by atoms with Gasteiger partial charge in [-0.3, -0.25) is 4.98 Å². The summed E-state index contributed by atoms with van der Waals surface area (Å²) in [5.74, 6) is 1.95. The van der Waals surface area contributed by atoms with Gasteiger partial charge in [0.05, 0.1) is 5.52 Å². The minimum absolute atomic E-state index is 0.349. The van der Waals surface area contributed by atoms with Crippen molar-refractivity contribution in [3.63, 3.8) is 0 Å². The maximum Gasteiger partial charge on any atom is 0.274 e. The number of nitrogens with one attached hydrogen (secondary N) is 1. The Hall–Kier alpha value is -2.62. The molecule has 146 valence electrons. The number of pyridine rings is 1. The van der Waals surface area contributed by atoms with E-state index in [0.29, 0.717) is 18.3 Å². The molecule has 0 aliphatic carbocycles. The number of aromatic nitrogens is 3. The molecule has 3 aromatic rings. The molecule has 3 heterocycles. The molecule has 0 bridgehead atoms. The Bertz CT molecular complexity index is 1100. The quantitative estimate of drug-likeness (QED) is 0.652. The molecule has 0 unspecified atom stereocenters. The van der Waals surface area contributed by atoms with E-state index >= 15 is 0 Å². The number of anilines is 1. The first-order chi connectivity index (χ1) is 13.4. The van der Waals surface area contributed by atoms with Crippen LogP contribution < -0.4 is 14.8 Å². The Kier molecular flexibility index (Phi) is 4.96. The Morgan fingerprint density at radius 3 is 2.79 bits per heavy atom. The van der Waals surface area contributed by atoms with Crippen molar-refractivity contribution in [2.45, 2.75) is 13.3 Å². The monoisotopic (exact) mass is 398 g/mol. The van der Waals surface area contributed by atoms with Crippen LogP contribution in [0.4, 0.5) is 5.82 Å². The predicted octanol–water partition coefficient (Wildman–Crippen LogP) is 1.62. The predicted molar refractivity (Wildman–Crippen MR) is 109 cm³/mol. The number of aryl methyl sites for hydroxylation is 1.